The molecular weight excluding hydrogens is 352 g/mol. The van der Waals surface area contributed by atoms with E-state index in [1.54, 1.807) is 4.57 Å². The highest BCUT2D eigenvalue weighted by atomic mass is 16.2. The maximum Gasteiger partial charge on any atom is 0.351 e. The lowest BCUT2D eigenvalue weighted by Crippen LogP contribution is -2.30. The minimum atomic E-state index is -0.277. The Morgan fingerprint density at radius 3 is 2.36 bits per heavy atom. The predicted molar refractivity (Wildman–Crippen MR) is 109 cm³/mol. The second kappa shape index (κ2) is 7.11. The second-order valence-corrected chi connectivity index (χ2v) is 7.57. The summed E-state index contributed by atoms with van der Waals surface area (Å²) < 4.78 is 2.90. The van der Waals surface area contributed by atoms with Crippen molar-refractivity contribution in [2.45, 2.75) is 46.1 Å². The molecule has 1 fully saturated rings. The molecule has 1 aromatic heterocycles. The molecule has 1 N–H and O–H groups in total. The van der Waals surface area contributed by atoms with E-state index in [1.165, 1.54) is 4.68 Å². The van der Waals surface area contributed by atoms with Gasteiger partial charge in [0, 0.05) is 11.6 Å². The van der Waals surface area contributed by atoms with E-state index in [9.17, 15) is 9.59 Å². The summed E-state index contributed by atoms with van der Waals surface area (Å²) in [5.74, 6) is 0.780. The van der Waals surface area contributed by atoms with Crippen LogP contribution in [0.25, 0.3) is 5.69 Å². The molecule has 0 radical (unpaired) electrons. The van der Waals surface area contributed by atoms with E-state index in [0.717, 1.165) is 46.7 Å². The van der Waals surface area contributed by atoms with Gasteiger partial charge in [-0.1, -0.05) is 35.9 Å². The highest BCUT2D eigenvalue weighted by Gasteiger charge is 2.31. The summed E-state index contributed by atoms with van der Waals surface area (Å²) in [5, 5.41) is 7.44. The molecule has 3 aromatic rings. The maximum absolute atomic E-state index is 13.0. The van der Waals surface area contributed by atoms with E-state index in [0.29, 0.717) is 5.92 Å². The van der Waals surface area contributed by atoms with Crippen LogP contribution < -0.4 is 11.0 Å². The van der Waals surface area contributed by atoms with Gasteiger partial charge in [0.2, 0.25) is 5.91 Å². The first-order valence-electron chi connectivity index (χ1n) is 9.57. The fraction of sp³-hybridized carbons (Fsp3) is 0.318. The Morgan fingerprint density at radius 1 is 1.11 bits per heavy atom. The molecule has 1 amide bonds. The molecule has 0 aliphatic heterocycles. The molecule has 4 rings (SSSR count). The molecule has 6 heteroatoms. The summed E-state index contributed by atoms with van der Waals surface area (Å²) in [6, 6.07) is 13.5. The number of nitrogens with one attached hydrogen (secondary N) is 1. The molecule has 0 saturated heterocycles. The number of benzene rings is 2. The van der Waals surface area contributed by atoms with Crippen molar-refractivity contribution in [2.24, 2.45) is 0 Å². The molecule has 1 aliphatic rings. The summed E-state index contributed by atoms with van der Waals surface area (Å²) in [5.41, 5.74) is 4.47. The quantitative estimate of drug-likeness (QED) is 0.741. The van der Waals surface area contributed by atoms with Gasteiger partial charge in [-0.05, 0) is 56.9 Å². The van der Waals surface area contributed by atoms with Crippen LogP contribution in [0.4, 0.5) is 5.69 Å². The number of hydrogen-bond donors (Lipinski definition) is 1. The molecule has 2 aromatic carbocycles. The van der Waals surface area contributed by atoms with Gasteiger partial charge < -0.3 is 5.32 Å². The number of aryl methyl sites for hydroxylation is 3. The normalized spacial score (nSPS) is 13.5. The minimum Gasteiger partial charge on any atom is -0.324 e. The largest absolute Gasteiger partial charge is 0.351 e. The number of carbonyl (C=O) groups excluding carboxylic acids is 1. The van der Waals surface area contributed by atoms with Crippen molar-refractivity contribution >= 4 is 11.6 Å². The molecule has 1 heterocycles. The highest BCUT2D eigenvalue weighted by molar-refractivity contribution is 5.92. The van der Waals surface area contributed by atoms with E-state index in [1.807, 2.05) is 63.2 Å². The number of aromatic nitrogens is 3. The van der Waals surface area contributed by atoms with E-state index in [4.69, 9.17) is 0 Å². The van der Waals surface area contributed by atoms with Gasteiger partial charge in [0.15, 0.2) is 0 Å². The Bertz CT molecular complexity index is 1070. The summed E-state index contributed by atoms with van der Waals surface area (Å²) in [6.07, 6.45) is 2.05. The standard InChI is InChI=1S/C22H24N4O2/c1-14-11-15(2)20(16(3)12-14)23-19(27)13-25-22(28)26(18-7-5-4-6-8-18)21(24-25)17-9-10-17/h4-8,11-12,17H,9-10,13H2,1-3H3,(H,23,27). The van der Waals surface area contributed by atoms with Crippen molar-refractivity contribution in [1.82, 2.24) is 14.3 Å². The van der Waals surface area contributed by atoms with Crippen molar-refractivity contribution in [2.75, 3.05) is 5.32 Å². The fourth-order valence-electron chi connectivity index (χ4n) is 3.65. The summed E-state index contributed by atoms with van der Waals surface area (Å²) in [6.45, 7) is 5.86. The van der Waals surface area contributed by atoms with Crippen molar-refractivity contribution in [3.8, 4) is 5.69 Å². The molecule has 1 saturated carbocycles. The molecule has 28 heavy (non-hydrogen) atoms. The van der Waals surface area contributed by atoms with Crippen LogP contribution in [-0.4, -0.2) is 20.3 Å². The van der Waals surface area contributed by atoms with Crippen molar-refractivity contribution < 1.29 is 4.79 Å². The summed E-state index contributed by atoms with van der Waals surface area (Å²) in [4.78, 5) is 25.6. The van der Waals surface area contributed by atoms with Gasteiger partial charge in [0.1, 0.15) is 12.4 Å². The number of rotatable bonds is 5. The van der Waals surface area contributed by atoms with Crippen LogP contribution >= 0.6 is 0 Å². The third-order valence-electron chi connectivity index (χ3n) is 5.06. The van der Waals surface area contributed by atoms with Crippen LogP contribution in [0.3, 0.4) is 0 Å². The average Bonchev–Trinajstić information content (AvgIpc) is 3.44. The van der Waals surface area contributed by atoms with Gasteiger partial charge in [0.05, 0.1) is 5.69 Å². The van der Waals surface area contributed by atoms with Crippen molar-refractivity contribution in [3.63, 3.8) is 0 Å². The number of hydrogen-bond acceptors (Lipinski definition) is 3. The summed E-state index contributed by atoms with van der Waals surface area (Å²) >= 11 is 0. The van der Waals surface area contributed by atoms with Crippen LogP contribution in [0.5, 0.6) is 0 Å². The zero-order chi connectivity index (χ0) is 19.8. The van der Waals surface area contributed by atoms with Gasteiger partial charge in [-0.15, -0.1) is 0 Å². The molecule has 0 spiro atoms. The van der Waals surface area contributed by atoms with E-state index < -0.39 is 0 Å². The van der Waals surface area contributed by atoms with E-state index >= 15 is 0 Å². The lowest BCUT2D eigenvalue weighted by Gasteiger charge is -2.12. The van der Waals surface area contributed by atoms with E-state index in [-0.39, 0.29) is 18.1 Å². The average molecular weight is 376 g/mol. The molecule has 6 nitrogen and oxygen atoms in total. The van der Waals surface area contributed by atoms with Crippen LogP contribution in [0.15, 0.2) is 47.3 Å². The molecular formula is C22H24N4O2. The van der Waals surface area contributed by atoms with Gasteiger partial charge in [-0.3, -0.25) is 4.79 Å². The van der Waals surface area contributed by atoms with Crippen molar-refractivity contribution in [1.29, 1.82) is 0 Å². The Balaban J connectivity index is 1.62. The van der Waals surface area contributed by atoms with Crippen LogP contribution in [0.1, 0.15) is 41.3 Å². The Kier molecular flexibility index (Phi) is 4.63. The number of nitrogens with zero attached hydrogens (tertiary/aromatic N) is 3. The fourth-order valence-corrected chi connectivity index (χ4v) is 3.65. The lowest BCUT2D eigenvalue weighted by atomic mass is 10.1. The zero-order valence-corrected chi connectivity index (χ0v) is 16.4. The first-order valence-corrected chi connectivity index (χ1v) is 9.57. The van der Waals surface area contributed by atoms with Gasteiger partial charge in [0.25, 0.3) is 0 Å². The smallest absolute Gasteiger partial charge is 0.324 e. The second-order valence-electron chi connectivity index (χ2n) is 7.57. The van der Waals surface area contributed by atoms with Crippen LogP contribution in [-0.2, 0) is 11.3 Å². The molecule has 144 valence electrons. The third-order valence-corrected chi connectivity index (χ3v) is 5.06. The van der Waals surface area contributed by atoms with Gasteiger partial charge >= 0.3 is 5.69 Å². The third kappa shape index (κ3) is 3.50. The SMILES string of the molecule is Cc1cc(C)c(NC(=O)Cn2nc(C3CC3)n(-c3ccccc3)c2=O)c(C)c1. The highest BCUT2D eigenvalue weighted by Crippen LogP contribution is 2.39. The molecule has 0 bridgehead atoms. The molecule has 1 aliphatic carbocycles. The first kappa shape index (κ1) is 18.2. The topological polar surface area (TPSA) is 68.9 Å². The zero-order valence-electron chi connectivity index (χ0n) is 16.4. The Labute approximate surface area is 163 Å². The maximum atomic E-state index is 13.0. The number of anilines is 1. The monoisotopic (exact) mass is 376 g/mol. The Morgan fingerprint density at radius 2 is 1.75 bits per heavy atom. The lowest BCUT2D eigenvalue weighted by molar-refractivity contribution is -0.117. The van der Waals surface area contributed by atoms with E-state index in [2.05, 4.69) is 10.4 Å². The Hall–Kier alpha value is -3.15. The van der Waals surface area contributed by atoms with Crippen LogP contribution in [0, 0.1) is 20.8 Å². The van der Waals surface area contributed by atoms with Gasteiger partial charge in [-0.2, -0.15) is 5.10 Å². The number of para-hydroxylation sites is 1. The molecule has 0 atom stereocenters. The minimum absolute atomic E-state index is 0.106. The predicted octanol–water partition coefficient (Wildman–Crippen LogP) is 3.48. The van der Waals surface area contributed by atoms with Crippen LogP contribution in [0.2, 0.25) is 0 Å². The number of carbonyl (C=O) groups is 1. The number of amides is 1. The molecule has 0 unspecified atom stereocenters. The summed E-state index contributed by atoms with van der Waals surface area (Å²) in [7, 11) is 0. The van der Waals surface area contributed by atoms with Gasteiger partial charge in [-0.25, -0.2) is 14.0 Å². The first-order chi connectivity index (χ1) is 13.4. The van der Waals surface area contributed by atoms with Crippen molar-refractivity contribution in [3.05, 3.63) is 75.5 Å².